The Labute approximate surface area is 128 Å². The van der Waals surface area contributed by atoms with Crippen LogP contribution in [0, 0.1) is 5.41 Å². The normalized spacial score (nSPS) is 20.0. The van der Waals surface area contributed by atoms with Crippen molar-refractivity contribution in [2.45, 2.75) is 26.4 Å². The molecular weight excluding hydrogens is 282 g/mol. The molecule has 0 bridgehead atoms. The molecule has 1 fully saturated rings. The molecule has 0 aromatic carbocycles. The predicted molar refractivity (Wildman–Crippen MR) is 79.8 cm³/mol. The average molecular weight is 303 g/mol. The van der Waals surface area contributed by atoms with Gasteiger partial charge >= 0.3 is 0 Å². The lowest BCUT2D eigenvalue weighted by molar-refractivity contribution is -0.0326. The van der Waals surface area contributed by atoms with Crippen LogP contribution in [-0.4, -0.2) is 48.7 Å². The SMILES string of the molecule is Cn1cc(C2N(C(=O)c3cn(CCN)nn3)CC2(C)C)cn1. The third kappa shape index (κ3) is 2.39. The second kappa shape index (κ2) is 5.20. The van der Waals surface area contributed by atoms with Gasteiger partial charge < -0.3 is 10.6 Å². The Morgan fingerprint density at radius 3 is 2.82 bits per heavy atom. The Morgan fingerprint density at radius 1 is 1.45 bits per heavy atom. The molecule has 1 aliphatic rings. The van der Waals surface area contributed by atoms with Gasteiger partial charge in [0.15, 0.2) is 5.69 Å². The molecule has 2 aromatic heterocycles. The number of hydrogen-bond donors (Lipinski definition) is 1. The first-order chi connectivity index (χ1) is 10.4. The number of nitrogens with two attached hydrogens (primary N) is 1. The molecule has 8 heteroatoms. The summed E-state index contributed by atoms with van der Waals surface area (Å²) < 4.78 is 3.35. The summed E-state index contributed by atoms with van der Waals surface area (Å²) in [6.45, 7) is 6.01. The van der Waals surface area contributed by atoms with Crippen molar-refractivity contribution in [2.24, 2.45) is 18.2 Å². The second-order valence-electron chi connectivity index (χ2n) is 6.43. The molecule has 8 nitrogen and oxygen atoms in total. The van der Waals surface area contributed by atoms with Gasteiger partial charge in [-0.15, -0.1) is 5.10 Å². The molecule has 3 heterocycles. The molecule has 2 aromatic rings. The van der Waals surface area contributed by atoms with Crippen LogP contribution in [0.25, 0.3) is 0 Å². The number of carbonyl (C=O) groups excluding carboxylic acids is 1. The minimum absolute atomic E-state index is 0.00774. The van der Waals surface area contributed by atoms with E-state index in [1.165, 1.54) is 0 Å². The third-order valence-electron chi connectivity index (χ3n) is 4.05. The highest BCUT2D eigenvalue weighted by Crippen LogP contribution is 2.48. The van der Waals surface area contributed by atoms with Gasteiger partial charge in [-0.25, -0.2) is 0 Å². The van der Waals surface area contributed by atoms with Gasteiger partial charge in [0.2, 0.25) is 0 Å². The number of aryl methyl sites for hydroxylation is 1. The Kier molecular flexibility index (Phi) is 3.48. The van der Waals surface area contributed by atoms with E-state index in [1.807, 2.05) is 24.3 Å². The average Bonchev–Trinajstić information content (AvgIpc) is 3.06. The van der Waals surface area contributed by atoms with Crippen LogP contribution in [0.1, 0.15) is 35.9 Å². The summed E-state index contributed by atoms with van der Waals surface area (Å²) in [6.07, 6.45) is 5.43. The largest absolute Gasteiger partial charge is 0.329 e. The van der Waals surface area contributed by atoms with E-state index in [0.717, 1.165) is 5.56 Å². The molecule has 1 unspecified atom stereocenters. The van der Waals surface area contributed by atoms with Crippen molar-refractivity contribution < 1.29 is 4.79 Å². The fourth-order valence-corrected chi connectivity index (χ4v) is 3.11. The Balaban J connectivity index is 1.82. The molecule has 1 amide bonds. The van der Waals surface area contributed by atoms with Crippen molar-refractivity contribution in [3.05, 3.63) is 29.8 Å². The number of likely N-dealkylation sites (tertiary alicyclic amines) is 1. The monoisotopic (exact) mass is 303 g/mol. The maximum absolute atomic E-state index is 12.7. The van der Waals surface area contributed by atoms with Crippen molar-refractivity contribution in [3.8, 4) is 0 Å². The number of hydrogen-bond acceptors (Lipinski definition) is 5. The van der Waals surface area contributed by atoms with E-state index in [1.54, 1.807) is 15.6 Å². The molecule has 0 saturated carbocycles. The highest BCUT2D eigenvalue weighted by molar-refractivity contribution is 5.93. The summed E-state index contributed by atoms with van der Waals surface area (Å²) in [6, 6.07) is 0.00774. The number of carbonyl (C=O) groups is 1. The zero-order chi connectivity index (χ0) is 15.9. The van der Waals surface area contributed by atoms with Gasteiger partial charge in [-0.1, -0.05) is 19.1 Å². The van der Waals surface area contributed by atoms with E-state index in [-0.39, 0.29) is 17.4 Å². The maximum Gasteiger partial charge on any atom is 0.276 e. The smallest absolute Gasteiger partial charge is 0.276 e. The summed E-state index contributed by atoms with van der Waals surface area (Å²) in [7, 11) is 1.87. The van der Waals surface area contributed by atoms with E-state index in [9.17, 15) is 4.79 Å². The molecular formula is C14H21N7O. The zero-order valence-corrected chi connectivity index (χ0v) is 13.1. The molecule has 1 atom stereocenters. The lowest BCUT2D eigenvalue weighted by Crippen LogP contribution is -2.57. The van der Waals surface area contributed by atoms with E-state index < -0.39 is 0 Å². The molecule has 1 aliphatic heterocycles. The lowest BCUT2D eigenvalue weighted by Gasteiger charge is -2.53. The summed E-state index contributed by atoms with van der Waals surface area (Å²) in [5, 5.41) is 12.1. The number of rotatable bonds is 4. The van der Waals surface area contributed by atoms with E-state index in [0.29, 0.717) is 25.3 Å². The molecule has 22 heavy (non-hydrogen) atoms. The van der Waals surface area contributed by atoms with Crippen molar-refractivity contribution in [3.63, 3.8) is 0 Å². The minimum atomic E-state index is -0.101. The van der Waals surface area contributed by atoms with Crippen LogP contribution in [0.2, 0.25) is 0 Å². The predicted octanol–water partition coefficient (Wildman–Crippen LogP) is 0.194. The zero-order valence-electron chi connectivity index (χ0n) is 13.1. The van der Waals surface area contributed by atoms with E-state index in [4.69, 9.17) is 5.73 Å². The third-order valence-corrected chi connectivity index (χ3v) is 4.05. The van der Waals surface area contributed by atoms with Gasteiger partial charge in [-0.2, -0.15) is 5.10 Å². The Hall–Kier alpha value is -2.22. The minimum Gasteiger partial charge on any atom is -0.329 e. The Bertz CT molecular complexity index is 687. The topological polar surface area (TPSA) is 94.9 Å². The number of aromatic nitrogens is 5. The van der Waals surface area contributed by atoms with Gasteiger partial charge in [-0.05, 0) is 0 Å². The van der Waals surface area contributed by atoms with Crippen molar-refractivity contribution in [1.82, 2.24) is 29.7 Å². The van der Waals surface area contributed by atoms with Crippen LogP contribution in [0.4, 0.5) is 0 Å². The highest BCUT2D eigenvalue weighted by Gasteiger charge is 2.50. The van der Waals surface area contributed by atoms with Crippen molar-refractivity contribution >= 4 is 5.91 Å². The Morgan fingerprint density at radius 2 is 2.23 bits per heavy atom. The first-order valence-corrected chi connectivity index (χ1v) is 7.32. The molecule has 3 rings (SSSR count). The van der Waals surface area contributed by atoms with Crippen molar-refractivity contribution in [1.29, 1.82) is 0 Å². The fraction of sp³-hybridized carbons (Fsp3) is 0.571. The van der Waals surface area contributed by atoms with E-state index >= 15 is 0 Å². The van der Waals surface area contributed by atoms with E-state index in [2.05, 4.69) is 29.3 Å². The van der Waals surface area contributed by atoms with Gasteiger partial charge in [-0.3, -0.25) is 14.2 Å². The first kappa shape index (κ1) is 14.7. The van der Waals surface area contributed by atoms with Crippen LogP contribution in [0.15, 0.2) is 18.6 Å². The summed E-state index contributed by atoms with van der Waals surface area (Å²) >= 11 is 0. The second-order valence-corrected chi connectivity index (χ2v) is 6.43. The molecule has 118 valence electrons. The summed E-state index contributed by atoms with van der Waals surface area (Å²) in [5.74, 6) is -0.101. The molecule has 0 radical (unpaired) electrons. The highest BCUT2D eigenvalue weighted by atomic mass is 16.2. The fourth-order valence-electron chi connectivity index (χ4n) is 3.11. The van der Waals surface area contributed by atoms with Crippen LogP contribution in [0.5, 0.6) is 0 Å². The quantitative estimate of drug-likeness (QED) is 0.870. The van der Waals surface area contributed by atoms with Gasteiger partial charge in [0, 0.05) is 37.3 Å². The first-order valence-electron chi connectivity index (χ1n) is 7.32. The van der Waals surface area contributed by atoms with Crippen LogP contribution in [0.3, 0.4) is 0 Å². The van der Waals surface area contributed by atoms with Crippen LogP contribution in [-0.2, 0) is 13.6 Å². The molecule has 2 N–H and O–H groups in total. The van der Waals surface area contributed by atoms with Crippen LogP contribution < -0.4 is 5.73 Å². The summed E-state index contributed by atoms with van der Waals surface area (Å²) in [4.78, 5) is 14.5. The number of amides is 1. The maximum atomic E-state index is 12.7. The van der Waals surface area contributed by atoms with Gasteiger partial charge in [0.05, 0.1) is 25.0 Å². The molecule has 0 spiro atoms. The van der Waals surface area contributed by atoms with Gasteiger partial charge in [0.1, 0.15) is 0 Å². The molecule has 0 aliphatic carbocycles. The lowest BCUT2D eigenvalue weighted by atomic mass is 9.72. The van der Waals surface area contributed by atoms with Gasteiger partial charge in [0.25, 0.3) is 5.91 Å². The van der Waals surface area contributed by atoms with Crippen molar-refractivity contribution in [2.75, 3.05) is 13.1 Å². The standard InChI is InChI=1S/C14H21N7O/c1-14(2)9-21(12(14)10-6-16-19(3)7-10)13(22)11-8-20(5-4-15)18-17-11/h6-8,12H,4-5,9,15H2,1-3H3. The molecule has 1 saturated heterocycles. The number of nitrogens with zero attached hydrogens (tertiary/aromatic N) is 6. The summed E-state index contributed by atoms with van der Waals surface area (Å²) in [5.41, 5.74) is 6.91. The van der Waals surface area contributed by atoms with Crippen LogP contribution >= 0.6 is 0 Å².